The summed E-state index contributed by atoms with van der Waals surface area (Å²) in [6.07, 6.45) is 2.14. The van der Waals surface area contributed by atoms with Crippen molar-refractivity contribution in [2.75, 3.05) is 25.0 Å². The van der Waals surface area contributed by atoms with Crippen LogP contribution in [0.5, 0.6) is 0 Å². The number of likely N-dealkylation sites (tertiary alicyclic amines) is 1. The second kappa shape index (κ2) is 8.17. The Balaban J connectivity index is 0.00000200. The highest BCUT2D eigenvalue weighted by Crippen LogP contribution is 2.17. The summed E-state index contributed by atoms with van der Waals surface area (Å²) < 4.78 is 1.18. The van der Waals surface area contributed by atoms with Crippen LogP contribution in [-0.2, 0) is 4.79 Å². The van der Waals surface area contributed by atoms with E-state index in [0.717, 1.165) is 37.2 Å². The number of amides is 1. The average Bonchev–Trinajstić information content (AvgIpc) is 2.33. The van der Waals surface area contributed by atoms with Crippen molar-refractivity contribution >= 4 is 46.6 Å². The zero-order chi connectivity index (χ0) is 13.8. The van der Waals surface area contributed by atoms with Crippen LogP contribution in [0.3, 0.4) is 0 Å². The lowest BCUT2D eigenvalue weighted by Gasteiger charge is -2.30. The van der Waals surface area contributed by atoms with Gasteiger partial charge in [0.25, 0.3) is 0 Å². The van der Waals surface area contributed by atoms with Crippen molar-refractivity contribution in [3.8, 4) is 0 Å². The minimum atomic E-state index is 0. The van der Waals surface area contributed by atoms with E-state index in [9.17, 15) is 4.79 Å². The molecule has 4 nitrogen and oxygen atoms in total. The quantitative estimate of drug-likeness (QED) is 0.754. The van der Waals surface area contributed by atoms with Gasteiger partial charge in [-0.3, -0.25) is 9.69 Å². The molecule has 0 spiro atoms. The number of halogens is 2. The molecule has 1 aromatic rings. The highest BCUT2D eigenvalue weighted by atomic mass is 127. The lowest BCUT2D eigenvalue weighted by atomic mass is 10.1. The molecule has 1 amide bonds. The third-order valence-electron chi connectivity index (χ3n) is 3.37. The van der Waals surface area contributed by atoms with Crippen LogP contribution in [0.1, 0.15) is 18.4 Å². The third-order valence-corrected chi connectivity index (χ3v) is 4.04. The smallest absolute Gasteiger partial charge is 0.238 e. The topological polar surface area (TPSA) is 58.4 Å². The number of hydrogen-bond donors (Lipinski definition) is 2. The fourth-order valence-corrected chi connectivity index (χ4v) is 3.04. The lowest BCUT2D eigenvalue weighted by molar-refractivity contribution is -0.117. The molecule has 1 fully saturated rings. The van der Waals surface area contributed by atoms with Gasteiger partial charge in [0.05, 0.1) is 6.54 Å². The van der Waals surface area contributed by atoms with Crippen molar-refractivity contribution < 1.29 is 4.79 Å². The average molecular weight is 410 g/mol. The van der Waals surface area contributed by atoms with Gasteiger partial charge in [-0.1, -0.05) is 0 Å². The molecule has 112 valence electrons. The first-order chi connectivity index (χ1) is 9.04. The molecule has 0 saturated carbocycles. The molecule has 1 heterocycles. The van der Waals surface area contributed by atoms with Gasteiger partial charge in [0, 0.05) is 21.8 Å². The molecular weight excluding hydrogens is 389 g/mol. The van der Waals surface area contributed by atoms with Crippen LogP contribution in [0.4, 0.5) is 5.69 Å². The summed E-state index contributed by atoms with van der Waals surface area (Å²) in [5, 5.41) is 2.97. The number of nitrogens with zero attached hydrogens (tertiary/aromatic N) is 1. The van der Waals surface area contributed by atoms with Crippen molar-refractivity contribution in [3.05, 3.63) is 27.3 Å². The van der Waals surface area contributed by atoms with E-state index in [0.29, 0.717) is 6.54 Å². The number of aryl methyl sites for hydroxylation is 1. The van der Waals surface area contributed by atoms with Gasteiger partial charge in [0.1, 0.15) is 0 Å². The molecule has 20 heavy (non-hydrogen) atoms. The number of carbonyl (C=O) groups is 1. The largest absolute Gasteiger partial charge is 0.327 e. The van der Waals surface area contributed by atoms with Gasteiger partial charge >= 0.3 is 0 Å². The molecular formula is C14H21ClIN3O. The van der Waals surface area contributed by atoms with Crippen LogP contribution in [0.25, 0.3) is 0 Å². The molecule has 0 aliphatic carbocycles. The molecule has 1 aliphatic rings. The third kappa shape index (κ3) is 5.20. The number of benzene rings is 1. The molecule has 1 unspecified atom stereocenters. The van der Waals surface area contributed by atoms with E-state index in [2.05, 4.69) is 38.9 Å². The first-order valence-corrected chi connectivity index (χ1v) is 7.66. The van der Waals surface area contributed by atoms with Crippen LogP contribution in [0.15, 0.2) is 18.2 Å². The van der Waals surface area contributed by atoms with Gasteiger partial charge in [0.15, 0.2) is 0 Å². The number of rotatable bonds is 3. The maximum Gasteiger partial charge on any atom is 0.238 e. The molecule has 1 aromatic carbocycles. The zero-order valence-corrected chi connectivity index (χ0v) is 14.5. The monoisotopic (exact) mass is 409 g/mol. The summed E-state index contributed by atoms with van der Waals surface area (Å²) in [5.41, 5.74) is 7.91. The first kappa shape index (κ1) is 17.7. The van der Waals surface area contributed by atoms with Crippen LogP contribution in [0, 0.1) is 10.5 Å². The first-order valence-electron chi connectivity index (χ1n) is 6.58. The Kier molecular flexibility index (Phi) is 7.22. The molecule has 2 rings (SSSR count). The Bertz CT molecular complexity index is 470. The van der Waals surface area contributed by atoms with Crippen molar-refractivity contribution in [2.24, 2.45) is 5.73 Å². The SMILES string of the molecule is Cc1cc(I)ccc1NC(=O)CN1CCCC(N)C1.Cl. The highest BCUT2D eigenvalue weighted by Gasteiger charge is 2.18. The summed E-state index contributed by atoms with van der Waals surface area (Å²) in [4.78, 5) is 14.2. The Hall–Kier alpha value is -0.370. The fourth-order valence-electron chi connectivity index (χ4n) is 2.40. The van der Waals surface area contributed by atoms with Gasteiger partial charge in [-0.05, 0) is 72.7 Å². The van der Waals surface area contributed by atoms with E-state index in [1.54, 1.807) is 0 Å². The lowest BCUT2D eigenvalue weighted by Crippen LogP contribution is -2.45. The summed E-state index contributed by atoms with van der Waals surface area (Å²) in [6.45, 7) is 4.22. The molecule has 1 atom stereocenters. The summed E-state index contributed by atoms with van der Waals surface area (Å²) >= 11 is 2.27. The predicted molar refractivity (Wildman–Crippen MR) is 93.4 cm³/mol. The van der Waals surface area contributed by atoms with Gasteiger partial charge in [0.2, 0.25) is 5.91 Å². The van der Waals surface area contributed by atoms with E-state index in [4.69, 9.17) is 5.73 Å². The number of hydrogen-bond acceptors (Lipinski definition) is 3. The van der Waals surface area contributed by atoms with Gasteiger partial charge in [-0.25, -0.2) is 0 Å². The van der Waals surface area contributed by atoms with Gasteiger partial charge in [-0.15, -0.1) is 12.4 Å². The number of piperidine rings is 1. The van der Waals surface area contributed by atoms with E-state index in [-0.39, 0.29) is 24.4 Å². The Morgan fingerprint density at radius 1 is 1.55 bits per heavy atom. The number of carbonyl (C=O) groups excluding carboxylic acids is 1. The van der Waals surface area contributed by atoms with Gasteiger partial charge < -0.3 is 11.1 Å². The van der Waals surface area contributed by atoms with Crippen molar-refractivity contribution in [2.45, 2.75) is 25.8 Å². The zero-order valence-electron chi connectivity index (χ0n) is 11.6. The van der Waals surface area contributed by atoms with Crippen molar-refractivity contribution in [1.82, 2.24) is 4.90 Å². The van der Waals surface area contributed by atoms with E-state index in [1.807, 2.05) is 19.1 Å². The Morgan fingerprint density at radius 3 is 2.95 bits per heavy atom. The maximum atomic E-state index is 12.0. The van der Waals surface area contributed by atoms with Crippen LogP contribution < -0.4 is 11.1 Å². The van der Waals surface area contributed by atoms with Crippen LogP contribution >= 0.6 is 35.0 Å². The van der Waals surface area contributed by atoms with Crippen molar-refractivity contribution in [3.63, 3.8) is 0 Å². The number of nitrogens with one attached hydrogen (secondary N) is 1. The van der Waals surface area contributed by atoms with Crippen molar-refractivity contribution in [1.29, 1.82) is 0 Å². The van der Waals surface area contributed by atoms with E-state index in [1.165, 1.54) is 3.57 Å². The molecule has 1 saturated heterocycles. The van der Waals surface area contributed by atoms with Crippen LogP contribution in [-0.4, -0.2) is 36.5 Å². The van der Waals surface area contributed by atoms with E-state index < -0.39 is 0 Å². The molecule has 3 N–H and O–H groups in total. The maximum absolute atomic E-state index is 12.0. The standard InChI is InChI=1S/C14H20IN3O.ClH/c1-10-7-11(15)4-5-13(10)17-14(19)9-18-6-2-3-12(16)8-18;/h4-5,7,12H,2-3,6,8-9,16H2,1H3,(H,17,19);1H. The number of anilines is 1. The fraction of sp³-hybridized carbons (Fsp3) is 0.500. The normalized spacial score (nSPS) is 19.2. The molecule has 0 radical (unpaired) electrons. The molecule has 0 aromatic heterocycles. The van der Waals surface area contributed by atoms with Crippen LogP contribution in [0.2, 0.25) is 0 Å². The minimum absolute atomic E-state index is 0. The van der Waals surface area contributed by atoms with Gasteiger partial charge in [-0.2, -0.15) is 0 Å². The summed E-state index contributed by atoms with van der Waals surface area (Å²) in [5.74, 6) is 0.0402. The molecule has 6 heteroatoms. The second-order valence-electron chi connectivity index (χ2n) is 5.14. The minimum Gasteiger partial charge on any atom is -0.327 e. The Morgan fingerprint density at radius 2 is 2.30 bits per heavy atom. The molecule has 1 aliphatic heterocycles. The predicted octanol–water partition coefficient (Wildman–Crippen LogP) is 2.38. The highest BCUT2D eigenvalue weighted by molar-refractivity contribution is 14.1. The summed E-state index contributed by atoms with van der Waals surface area (Å²) in [6, 6.07) is 6.23. The van der Waals surface area contributed by atoms with E-state index >= 15 is 0 Å². The number of nitrogens with two attached hydrogens (primary N) is 1. The Labute approximate surface area is 140 Å². The molecule has 0 bridgehead atoms. The summed E-state index contributed by atoms with van der Waals surface area (Å²) in [7, 11) is 0. The second-order valence-corrected chi connectivity index (χ2v) is 6.39.